The molecule has 1 amide bonds. The third-order valence-electron chi connectivity index (χ3n) is 2.74. The van der Waals surface area contributed by atoms with Crippen molar-refractivity contribution < 1.29 is 9.90 Å². The van der Waals surface area contributed by atoms with E-state index in [1.165, 1.54) is 4.90 Å². The van der Waals surface area contributed by atoms with E-state index in [4.69, 9.17) is 0 Å². The number of amides is 1. The summed E-state index contributed by atoms with van der Waals surface area (Å²) < 4.78 is 0. The highest BCUT2D eigenvalue weighted by molar-refractivity contribution is 5.79. The number of rotatable bonds is 1. The summed E-state index contributed by atoms with van der Waals surface area (Å²) in [7, 11) is 1.61. The maximum absolute atomic E-state index is 11.3. The van der Waals surface area contributed by atoms with Gasteiger partial charge in [-0.3, -0.25) is 9.78 Å². The largest absolute Gasteiger partial charge is 0.367 e. The number of carbonyl (C=O) groups is 1. The van der Waals surface area contributed by atoms with Gasteiger partial charge < -0.3 is 10.0 Å². The van der Waals surface area contributed by atoms with Gasteiger partial charge in [0.2, 0.25) is 5.91 Å². The zero-order valence-electron chi connectivity index (χ0n) is 7.97. The Hall–Kier alpha value is -1.42. The van der Waals surface area contributed by atoms with Crippen LogP contribution in [-0.4, -0.2) is 27.9 Å². The number of pyridine rings is 1. The molecule has 0 aromatic carbocycles. The Kier molecular flexibility index (Phi) is 2.00. The molecule has 1 saturated heterocycles. The fourth-order valence-electron chi connectivity index (χ4n) is 1.76. The topological polar surface area (TPSA) is 53.4 Å². The van der Waals surface area contributed by atoms with Crippen LogP contribution in [0.4, 0.5) is 0 Å². The number of likely N-dealkylation sites (tertiary alicyclic amines) is 1. The molecule has 1 N–H and O–H groups in total. The van der Waals surface area contributed by atoms with E-state index in [1.54, 1.807) is 31.6 Å². The number of carbonyl (C=O) groups excluding carboxylic acids is 1. The minimum atomic E-state index is -1.16. The van der Waals surface area contributed by atoms with Gasteiger partial charge in [0, 0.05) is 37.8 Å². The molecule has 0 saturated carbocycles. The Morgan fingerprint density at radius 1 is 1.64 bits per heavy atom. The molecule has 14 heavy (non-hydrogen) atoms. The van der Waals surface area contributed by atoms with Gasteiger partial charge in [-0.2, -0.15) is 0 Å². The Bertz CT molecular complexity index is 352. The van der Waals surface area contributed by atoms with Crippen molar-refractivity contribution in [1.29, 1.82) is 0 Å². The number of hydrogen-bond acceptors (Lipinski definition) is 3. The van der Waals surface area contributed by atoms with Gasteiger partial charge in [0.15, 0.2) is 5.72 Å². The van der Waals surface area contributed by atoms with Crippen molar-refractivity contribution in [1.82, 2.24) is 9.88 Å². The fraction of sp³-hybridized carbons (Fsp3) is 0.400. The summed E-state index contributed by atoms with van der Waals surface area (Å²) in [6, 6.07) is 3.53. The maximum atomic E-state index is 11.3. The van der Waals surface area contributed by atoms with E-state index in [9.17, 15) is 9.90 Å². The van der Waals surface area contributed by atoms with Crippen LogP contribution in [0.2, 0.25) is 0 Å². The van der Waals surface area contributed by atoms with Crippen molar-refractivity contribution in [2.24, 2.45) is 0 Å². The van der Waals surface area contributed by atoms with E-state index in [0.29, 0.717) is 18.4 Å². The maximum Gasteiger partial charge on any atom is 0.225 e. The number of aromatic nitrogens is 1. The molecule has 1 aliphatic rings. The van der Waals surface area contributed by atoms with Crippen molar-refractivity contribution in [3.05, 3.63) is 30.1 Å². The molecule has 2 heterocycles. The van der Waals surface area contributed by atoms with Gasteiger partial charge in [-0.1, -0.05) is 6.07 Å². The summed E-state index contributed by atoms with van der Waals surface area (Å²) >= 11 is 0. The average Bonchev–Trinajstić information content (AvgIpc) is 2.49. The van der Waals surface area contributed by atoms with Crippen LogP contribution in [0.5, 0.6) is 0 Å². The molecule has 0 bridgehead atoms. The Morgan fingerprint density at radius 3 is 2.93 bits per heavy atom. The van der Waals surface area contributed by atoms with Crippen LogP contribution in [0, 0.1) is 0 Å². The molecular weight excluding hydrogens is 180 g/mol. The van der Waals surface area contributed by atoms with Gasteiger partial charge in [0.1, 0.15) is 0 Å². The van der Waals surface area contributed by atoms with Crippen molar-refractivity contribution >= 4 is 5.91 Å². The van der Waals surface area contributed by atoms with Gasteiger partial charge in [-0.25, -0.2) is 0 Å². The van der Waals surface area contributed by atoms with Crippen LogP contribution in [0.1, 0.15) is 18.4 Å². The summed E-state index contributed by atoms with van der Waals surface area (Å²) in [5.74, 6) is -0.0312. The molecule has 74 valence electrons. The predicted octanol–water partition coefficient (Wildman–Crippen LogP) is 0.479. The van der Waals surface area contributed by atoms with Crippen LogP contribution in [0.15, 0.2) is 24.5 Å². The Morgan fingerprint density at radius 2 is 2.43 bits per heavy atom. The highest BCUT2D eigenvalue weighted by atomic mass is 16.3. The number of hydrogen-bond donors (Lipinski definition) is 1. The fourth-order valence-corrected chi connectivity index (χ4v) is 1.76. The molecule has 1 unspecified atom stereocenters. The summed E-state index contributed by atoms with van der Waals surface area (Å²) in [4.78, 5) is 16.6. The molecule has 1 aliphatic heterocycles. The zero-order chi connectivity index (χ0) is 10.2. The average molecular weight is 192 g/mol. The van der Waals surface area contributed by atoms with Gasteiger partial charge in [0.25, 0.3) is 0 Å². The monoisotopic (exact) mass is 192 g/mol. The molecule has 1 atom stereocenters. The SMILES string of the molecule is CN1C(=O)CCC1(O)c1cccnc1. The molecule has 0 spiro atoms. The second-order valence-electron chi connectivity index (χ2n) is 3.51. The smallest absolute Gasteiger partial charge is 0.225 e. The van der Waals surface area contributed by atoms with Gasteiger partial charge in [-0.05, 0) is 6.07 Å². The van der Waals surface area contributed by atoms with E-state index in [-0.39, 0.29) is 5.91 Å². The molecule has 2 rings (SSSR count). The van der Waals surface area contributed by atoms with Gasteiger partial charge in [-0.15, -0.1) is 0 Å². The molecule has 1 aromatic rings. The first-order valence-corrected chi connectivity index (χ1v) is 4.54. The van der Waals surface area contributed by atoms with Crippen molar-refractivity contribution in [2.75, 3.05) is 7.05 Å². The quantitative estimate of drug-likeness (QED) is 0.704. The molecular formula is C10H12N2O2. The predicted molar refractivity (Wildman–Crippen MR) is 50.1 cm³/mol. The second kappa shape index (κ2) is 3.06. The lowest BCUT2D eigenvalue weighted by atomic mass is 10.0. The van der Waals surface area contributed by atoms with Crippen molar-refractivity contribution in [3.63, 3.8) is 0 Å². The normalized spacial score (nSPS) is 27.0. The van der Waals surface area contributed by atoms with Crippen molar-refractivity contribution in [2.45, 2.75) is 18.6 Å². The standard InChI is InChI=1S/C10H12N2O2/c1-12-9(13)4-5-10(12,14)8-3-2-6-11-7-8/h2-3,6-7,14H,4-5H2,1H3. The first-order valence-electron chi connectivity index (χ1n) is 4.54. The third-order valence-corrected chi connectivity index (χ3v) is 2.74. The van der Waals surface area contributed by atoms with E-state index < -0.39 is 5.72 Å². The Balaban J connectivity index is 2.39. The van der Waals surface area contributed by atoms with E-state index in [0.717, 1.165) is 0 Å². The van der Waals surface area contributed by atoms with Crippen molar-refractivity contribution in [3.8, 4) is 0 Å². The van der Waals surface area contributed by atoms with Crippen LogP contribution in [-0.2, 0) is 10.5 Å². The van der Waals surface area contributed by atoms with Crippen LogP contribution in [0.25, 0.3) is 0 Å². The van der Waals surface area contributed by atoms with Gasteiger partial charge >= 0.3 is 0 Å². The van der Waals surface area contributed by atoms with Crippen LogP contribution in [0.3, 0.4) is 0 Å². The molecule has 4 nitrogen and oxygen atoms in total. The molecule has 1 fully saturated rings. The summed E-state index contributed by atoms with van der Waals surface area (Å²) in [5, 5.41) is 10.3. The lowest BCUT2D eigenvalue weighted by molar-refractivity contribution is -0.142. The lowest BCUT2D eigenvalue weighted by Gasteiger charge is -2.30. The summed E-state index contributed by atoms with van der Waals surface area (Å²) in [5.41, 5.74) is -0.487. The van der Waals surface area contributed by atoms with E-state index in [2.05, 4.69) is 4.98 Å². The third kappa shape index (κ3) is 1.19. The van der Waals surface area contributed by atoms with E-state index >= 15 is 0 Å². The first kappa shape index (κ1) is 9.15. The van der Waals surface area contributed by atoms with E-state index in [1.807, 2.05) is 0 Å². The number of nitrogens with zero attached hydrogens (tertiary/aromatic N) is 2. The van der Waals surface area contributed by atoms with Gasteiger partial charge in [0.05, 0.1) is 0 Å². The molecule has 0 radical (unpaired) electrons. The summed E-state index contributed by atoms with van der Waals surface area (Å²) in [6.45, 7) is 0. The molecule has 0 aliphatic carbocycles. The van der Waals surface area contributed by atoms with Crippen LogP contribution < -0.4 is 0 Å². The highest BCUT2D eigenvalue weighted by Gasteiger charge is 2.42. The minimum absolute atomic E-state index is 0.0312. The molecule has 1 aromatic heterocycles. The Labute approximate surface area is 82.2 Å². The zero-order valence-corrected chi connectivity index (χ0v) is 7.97. The highest BCUT2D eigenvalue weighted by Crippen LogP contribution is 2.34. The summed E-state index contributed by atoms with van der Waals surface area (Å²) in [6.07, 6.45) is 4.06. The number of aliphatic hydroxyl groups is 1. The first-order chi connectivity index (χ1) is 6.64. The van der Waals surface area contributed by atoms with Crippen LogP contribution >= 0.6 is 0 Å². The minimum Gasteiger partial charge on any atom is -0.367 e. The second-order valence-corrected chi connectivity index (χ2v) is 3.51. The lowest BCUT2D eigenvalue weighted by Crippen LogP contribution is -2.40. The molecule has 4 heteroatoms.